The molecule has 1 N–H and O–H groups in total. The molecule has 3 rings (SSSR count). The van der Waals surface area contributed by atoms with Gasteiger partial charge in [-0.05, 0) is 48.3 Å². The molecule has 1 atom stereocenters. The number of benzene rings is 2. The fourth-order valence-electron chi connectivity index (χ4n) is 4.09. The number of unbranched alkanes of at least 4 members (excludes halogenated alkanes) is 2. The van der Waals surface area contributed by atoms with Crippen LogP contribution in [0.15, 0.2) is 48.5 Å². The van der Waals surface area contributed by atoms with Crippen molar-refractivity contribution >= 4 is 35.6 Å². The van der Waals surface area contributed by atoms with Crippen LogP contribution in [0.2, 0.25) is 0 Å². The van der Waals surface area contributed by atoms with Gasteiger partial charge in [-0.25, -0.2) is 4.79 Å². The summed E-state index contributed by atoms with van der Waals surface area (Å²) in [5, 5.41) is 9.10. The average Bonchev–Trinajstić information content (AvgIpc) is 2.80. The zero-order chi connectivity index (χ0) is 22.3. The van der Waals surface area contributed by atoms with Crippen LogP contribution in [-0.4, -0.2) is 30.2 Å². The minimum atomic E-state index is -0.895. The second-order valence-electron chi connectivity index (χ2n) is 7.90. The molecule has 0 saturated carbocycles. The fourth-order valence-corrected chi connectivity index (χ4v) is 6.11. The summed E-state index contributed by atoms with van der Waals surface area (Å²) in [5.41, 5.74) is 3.91. The van der Waals surface area contributed by atoms with Gasteiger partial charge in [0.15, 0.2) is 0 Å². The average molecular weight is 457 g/mol. The minimum Gasteiger partial charge on any atom is -0.493 e. The van der Waals surface area contributed by atoms with Crippen molar-refractivity contribution in [1.82, 2.24) is 0 Å². The molecular formula is C26H32O3S2. The largest absolute Gasteiger partial charge is 0.493 e. The smallest absolute Gasteiger partial charge is 0.335 e. The number of ether oxygens (including phenoxy) is 1. The number of hydrogen-bond donors (Lipinski definition) is 1. The van der Waals surface area contributed by atoms with E-state index in [4.69, 9.17) is 9.84 Å². The molecule has 2 aromatic carbocycles. The fraction of sp³-hybridized carbons (Fsp3) is 0.423. The van der Waals surface area contributed by atoms with Crippen molar-refractivity contribution < 1.29 is 14.6 Å². The number of aromatic carboxylic acids is 1. The lowest BCUT2D eigenvalue weighted by molar-refractivity contribution is 0.0697. The molecule has 0 bridgehead atoms. The van der Waals surface area contributed by atoms with E-state index in [1.54, 1.807) is 12.1 Å². The van der Waals surface area contributed by atoms with Gasteiger partial charge >= 0.3 is 5.97 Å². The molecule has 1 aliphatic rings. The molecule has 1 heterocycles. The van der Waals surface area contributed by atoms with E-state index in [1.807, 2.05) is 35.7 Å². The maximum atomic E-state index is 11.1. The Bertz CT molecular complexity index is 901. The highest BCUT2D eigenvalue weighted by Gasteiger charge is 2.36. The lowest BCUT2D eigenvalue weighted by Gasteiger charge is -2.36. The number of allylic oxidation sites excluding steroid dienone is 1. The van der Waals surface area contributed by atoms with Crippen LogP contribution in [0.25, 0.3) is 6.08 Å². The summed E-state index contributed by atoms with van der Waals surface area (Å²) in [6, 6.07) is 13.8. The molecule has 0 fully saturated rings. The monoisotopic (exact) mass is 456 g/mol. The van der Waals surface area contributed by atoms with Gasteiger partial charge in [0, 0.05) is 17.9 Å². The number of thioether (sulfide) groups is 2. The number of rotatable bonds is 10. The second-order valence-corrected chi connectivity index (χ2v) is 10.4. The molecule has 0 aliphatic carbocycles. The number of carboxylic acid groups (broad SMARTS) is 1. The predicted molar refractivity (Wildman–Crippen MR) is 135 cm³/mol. The highest BCUT2D eigenvalue weighted by molar-refractivity contribution is 8.16. The van der Waals surface area contributed by atoms with E-state index in [1.165, 1.54) is 30.4 Å². The van der Waals surface area contributed by atoms with Gasteiger partial charge in [0.1, 0.15) is 5.75 Å². The second kappa shape index (κ2) is 11.1. The van der Waals surface area contributed by atoms with E-state index in [0.29, 0.717) is 11.5 Å². The van der Waals surface area contributed by atoms with Crippen LogP contribution in [0.5, 0.6) is 5.75 Å². The number of hydrogen-bond acceptors (Lipinski definition) is 4. The molecule has 0 amide bonds. The normalized spacial score (nSPS) is 16.0. The van der Waals surface area contributed by atoms with Crippen LogP contribution in [0.3, 0.4) is 0 Å². The van der Waals surface area contributed by atoms with E-state index in [9.17, 15) is 4.79 Å². The standard InChI is InChI=1S/C26H32O3S2/c1-4-5-6-7-20(11-8-19-9-12-21(13-10-19)25(27)28)22-14-15-23-24(18-22)29-17-16-26(23,30-2)31-3/h8-15,18,20H,4-7,16-17H2,1-3H3,(H,27,28). The first kappa shape index (κ1) is 23.8. The van der Waals surface area contributed by atoms with Crippen molar-refractivity contribution in [2.45, 2.75) is 49.0 Å². The van der Waals surface area contributed by atoms with Crippen LogP contribution in [0, 0.1) is 0 Å². The third-order valence-corrected chi connectivity index (χ3v) is 9.16. The Morgan fingerprint density at radius 3 is 2.55 bits per heavy atom. The van der Waals surface area contributed by atoms with Crippen molar-refractivity contribution in [3.63, 3.8) is 0 Å². The highest BCUT2D eigenvalue weighted by atomic mass is 32.2. The van der Waals surface area contributed by atoms with Crippen LogP contribution >= 0.6 is 23.5 Å². The Balaban J connectivity index is 1.87. The van der Waals surface area contributed by atoms with Gasteiger partial charge in [-0.2, -0.15) is 0 Å². The summed E-state index contributed by atoms with van der Waals surface area (Å²) in [4.78, 5) is 11.1. The summed E-state index contributed by atoms with van der Waals surface area (Å²) in [6.07, 6.45) is 14.5. The molecule has 0 radical (unpaired) electrons. The molecule has 0 aromatic heterocycles. The summed E-state index contributed by atoms with van der Waals surface area (Å²) in [7, 11) is 0. The molecule has 0 saturated heterocycles. The van der Waals surface area contributed by atoms with Gasteiger partial charge in [0.2, 0.25) is 0 Å². The molecular weight excluding hydrogens is 424 g/mol. The minimum absolute atomic E-state index is 0.0749. The van der Waals surface area contributed by atoms with E-state index < -0.39 is 5.97 Å². The summed E-state index contributed by atoms with van der Waals surface area (Å²) in [5.74, 6) is 0.431. The quantitative estimate of drug-likeness (QED) is 0.298. The molecule has 166 valence electrons. The van der Waals surface area contributed by atoms with Crippen molar-refractivity contribution in [3.05, 3.63) is 70.8 Å². The topological polar surface area (TPSA) is 46.5 Å². The zero-order valence-corrected chi connectivity index (χ0v) is 20.2. The van der Waals surface area contributed by atoms with E-state index >= 15 is 0 Å². The predicted octanol–water partition coefficient (Wildman–Crippen LogP) is 7.42. The van der Waals surface area contributed by atoms with Gasteiger partial charge in [0.25, 0.3) is 0 Å². The summed E-state index contributed by atoms with van der Waals surface area (Å²) >= 11 is 3.81. The Kier molecular flexibility index (Phi) is 8.56. The molecule has 1 aliphatic heterocycles. The molecule has 2 aromatic rings. The first-order valence-corrected chi connectivity index (χ1v) is 13.4. The lowest BCUT2D eigenvalue weighted by atomic mass is 9.90. The molecule has 1 unspecified atom stereocenters. The van der Waals surface area contributed by atoms with Gasteiger partial charge in [-0.3, -0.25) is 0 Å². The van der Waals surface area contributed by atoms with Crippen LogP contribution < -0.4 is 4.74 Å². The zero-order valence-electron chi connectivity index (χ0n) is 18.6. The molecule has 3 nitrogen and oxygen atoms in total. The third-order valence-electron chi connectivity index (χ3n) is 5.99. The number of carboxylic acids is 1. The van der Waals surface area contributed by atoms with Gasteiger partial charge in [-0.15, -0.1) is 23.5 Å². The summed E-state index contributed by atoms with van der Waals surface area (Å²) < 4.78 is 6.17. The van der Waals surface area contributed by atoms with Crippen molar-refractivity contribution in [2.75, 3.05) is 19.1 Å². The van der Waals surface area contributed by atoms with E-state index in [-0.39, 0.29) is 4.08 Å². The SMILES string of the molecule is CCCCCC(C=Cc1ccc(C(=O)O)cc1)c1ccc2c(c1)OCCC2(SC)SC. The molecule has 31 heavy (non-hydrogen) atoms. The van der Waals surface area contributed by atoms with Crippen LogP contribution in [-0.2, 0) is 4.08 Å². The van der Waals surface area contributed by atoms with Crippen molar-refractivity contribution in [3.8, 4) is 5.75 Å². The summed E-state index contributed by atoms with van der Waals surface area (Å²) in [6.45, 7) is 2.98. The molecule has 5 heteroatoms. The first-order chi connectivity index (χ1) is 15.0. The maximum absolute atomic E-state index is 11.1. The Morgan fingerprint density at radius 2 is 1.90 bits per heavy atom. The van der Waals surface area contributed by atoms with Gasteiger partial charge in [0.05, 0.1) is 16.2 Å². The maximum Gasteiger partial charge on any atom is 0.335 e. The van der Waals surface area contributed by atoms with Crippen LogP contribution in [0.1, 0.15) is 72.0 Å². The first-order valence-electron chi connectivity index (χ1n) is 10.9. The van der Waals surface area contributed by atoms with Crippen molar-refractivity contribution in [2.24, 2.45) is 0 Å². The van der Waals surface area contributed by atoms with Gasteiger partial charge in [-0.1, -0.05) is 62.6 Å². The van der Waals surface area contributed by atoms with Gasteiger partial charge < -0.3 is 9.84 Å². The van der Waals surface area contributed by atoms with E-state index in [0.717, 1.165) is 30.8 Å². The van der Waals surface area contributed by atoms with Crippen molar-refractivity contribution in [1.29, 1.82) is 0 Å². The van der Waals surface area contributed by atoms with E-state index in [2.05, 4.69) is 49.8 Å². The third kappa shape index (κ3) is 5.69. The number of carbonyl (C=O) groups is 1. The van der Waals surface area contributed by atoms with Crippen LogP contribution in [0.4, 0.5) is 0 Å². The highest BCUT2D eigenvalue weighted by Crippen LogP contribution is 2.52. The Labute approximate surface area is 194 Å². The molecule has 0 spiro atoms. The lowest BCUT2D eigenvalue weighted by Crippen LogP contribution is -2.26. The Hall–Kier alpha value is -1.85. The Morgan fingerprint density at radius 1 is 1.16 bits per heavy atom. The number of fused-ring (bicyclic) bond motifs is 1.